The van der Waals surface area contributed by atoms with E-state index in [1.165, 1.54) is 37.7 Å². The predicted octanol–water partition coefficient (Wildman–Crippen LogP) is 6.35. The molecule has 4 nitrogen and oxygen atoms in total. The van der Waals surface area contributed by atoms with Gasteiger partial charge in [-0.25, -0.2) is 0 Å². The molecule has 0 unspecified atom stereocenters. The van der Waals surface area contributed by atoms with Gasteiger partial charge in [-0.05, 0) is 93.5 Å². The first kappa shape index (κ1) is 24.0. The molecule has 0 aromatic heterocycles. The van der Waals surface area contributed by atoms with Crippen molar-refractivity contribution in [2.24, 2.45) is 28.6 Å². The van der Waals surface area contributed by atoms with Gasteiger partial charge in [-0.2, -0.15) is 0 Å². The summed E-state index contributed by atoms with van der Waals surface area (Å²) < 4.78 is 12.9. The van der Waals surface area contributed by atoms with Crippen LogP contribution < -0.4 is 0 Å². The summed E-state index contributed by atoms with van der Waals surface area (Å²) in [6.45, 7) is 5.25. The van der Waals surface area contributed by atoms with Crippen LogP contribution in [0.1, 0.15) is 110 Å². The normalized spacial score (nSPS) is 44.9. The number of carbonyl (C=O) groups is 1. The van der Waals surface area contributed by atoms with Gasteiger partial charge in [-0.15, -0.1) is 0 Å². The van der Waals surface area contributed by atoms with E-state index in [-0.39, 0.29) is 10.8 Å². The highest BCUT2D eigenvalue weighted by Gasteiger charge is 2.64. The zero-order chi connectivity index (χ0) is 23.3. The lowest BCUT2D eigenvalue weighted by atomic mass is 9.46. The van der Waals surface area contributed by atoms with Gasteiger partial charge in [0.05, 0.1) is 12.2 Å². The van der Waals surface area contributed by atoms with E-state index >= 15 is 0 Å². The fraction of sp³-hybridized carbons (Fsp3) is 0.897. The van der Waals surface area contributed by atoms with Crippen molar-refractivity contribution in [3.63, 3.8) is 0 Å². The summed E-state index contributed by atoms with van der Waals surface area (Å²) in [5.41, 5.74) is 0.868. The van der Waals surface area contributed by atoms with E-state index in [1.807, 2.05) is 13.2 Å². The maximum atomic E-state index is 12.5. The minimum absolute atomic E-state index is 0.0249. The molecule has 0 aromatic rings. The zero-order valence-corrected chi connectivity index (χ0v) is 21.3. The Balaban J connectivity index is 1.45. The van der Waals surface area contributed by atoms with Gasteiger partial charge < -0.3 is 14.6 Å². The fourth-order valence-corrected chi connectivity index (χ4v) is 9.26. The number of carbonyl (C=O) groups excluding carboxylic acids is 1. The van der Waals surface area contributed by atoms with Crippen molar-refractivity contribution in [1.29, 1.82) is 0 Å². The molecule has 186 valence electrons. The van der Waals surface area contributed by atoms with Crippen molar-refractivity contribution >= 4 is 5.78 Å². The highest BCUT2D eigenvalue weighted by atomic mass is 16.7. The van der Waals surface area contributed by atoms with E-state index in [2.05, 4.69) is 13.8 Å². The molecule has 5 aliphatic rings. The Morgan fingerprint density at radius 2 is 1.70 bits per heavy atom. The van der Waals surface area contributed by atoms with Crippen LogP contribution in [-0.4, -0.2) is 36.0 Å². The summed E-state index contributed by atoms with van der Waals surface area (Å²) >= 11 is 0. The smallest absolute Gasteiger partial charge is 0.167 e. The maximum Gasteiger partial charge on any atom is 0.167 e. The molecule has 0 saturated heterocycles. The molecule has 0 spiro atoms. The number of ether oxygens (including phenoxy) is 2. The second-order valence-electron chi connectivity index (χ2n) is 12.4. The molecular weight excluding hydrogens is 412 g/mol. The van der Waals surface area contributed by atoms with E-state index in [9.17, 15) is 9.90 Å². The second-order valence-corrected chi connectivity index (χ2v) is 12.4. The van der Waals surface area contributed by atoms with Gasteiger partial charge >= 0.3 is 0 Å². The number of rotatable bonds is 5. The zero-order valence-electron chi connectivity index (χ0n) is 21.3. The Labute approximate surface area is 200 Å². The van der Waals surface area contributed by atoms with Crippen molar-refractivity contribution < 1.29 is 19.4 Å². The minimum Gasteiger partial charge on any atom is -0.389 e. The van der Waals surface area contributed by atoms with E-state index in [4.69, 9.17) is 9.47 Å². The first-order valence-electron chi connectivity index (χ1n) is 14.0. The number of fused-ring (bicyclic) bond motifs is 5. The molecule has 5 rings (SSSR count). The van der Waals surface area contributed by atoms with Gasteiger partial charge in [0.15, 0.2) is 11.6 Å². The van der Waals surface area contributed by atoms with E-state index in [1.54, 1.807) is 0 Å². The number of hydrogen-bond donors (Lipinski definition) is 1. The van der Waals surface area contributed by atoms with Crippen LogP contribution >= 0.6 is 0 Å². The lowest BCUT2D eigenvalue weighted by Gasteiger charge is -2.60. The van der Waals surface area contributed by atoms with Crippen LogP contribution in [0.25, 0.3) is 0 Å². The molecule has 4 fully saturated rings. The first-order valence-corrected chi connectivity index (χ1v) is 14.0. The molecule has 6 atom stereocenters. The number of aliphatic hydroxyl groups is 1. The van der Waals surface area contributed by atoms with E-state index in [0.29, 0.717) is 36.6 Å². The molecule has 0 aliphatic heterocycles. The lowest BCUT2D eigenvalue weighted by Crippen LogP contribution is -2.57. The Morgan fingerprint density at radius 3 is 2.39 bits per heavy atom. The third-order valence-electron chi connectivity index (χ3n) is 11.4. The third-order valence-corrected chi connectivity index (χ3v) is 11.4. The van der Waals surface area contributed by atoms with Crippen LogP contribution in [0.15, 0.2) is 11.6 Å². The van der Waals surface area contributed by atoms with Crippen LogP contribution in [0.4, 0.5) is 0 Å². The molecule has 0 aromatic carbocycles. The highest BCUT2D eigenvalue weighted by Crippen LogP contribution is 2.68. The Hall–Kier alpha value is -0.710. The molecule has 4 heteroatoms. The Bertz CT molecular complexity index is 780. The van der Waals surface area contributed by atoms with Gasteiger partial charge in [0.1, 0.15) is 0 Å². The van der Waals surface area contributed by atoms with E-state index < -0.39 is 11.4 Å². The topological polar surface area (TPSA) is 55.8 Å². The first-order chi connectivity index (χ1) is 15.8. The molecule has 0 amide bonds. The van der Waals surface area contributed by atoms with Crippen molar-refractivity contribution in [1.82, 2.24) is 0 Å². The molecular formula is C29H46O4. The summed E-state index contributed by atoms with van der Waals surface area (Å²) in [4.78, 5) is 12.5. The van der Waals surface area contributed by atoms with Gasteiger partial charge in [-0.1, -0.05) is 32.3 Å². The van der Waals surface area contributed by atoms with Crippen LogP contribution in [0, 0.1) is 28.6 Å². The van der Waals surface area contributed by atoms with Gasteiger partial charge in [0, 0.05) is 31.8 Å². The van der Waals surface area contributed by atoms with Gasteiger partial charge in [-0.3, -0.25) is 4.79 Å². The largest absolute Gasteiger partial charge is 0.389 e. The highest BCUT2D eigenvalue weighted by molar-refractivity contribution is 5.91. The molecule has 5 aliphatic carbocycles. The average molecular weight is 459 g/mol. The lowest BCUT2D eigenvalue weighted by molar-refractivity contribution is -0.250. The number of methoxy groups -OCH3 is 1. The number of hydrogen-bond acceptors (Lipinski definition) is 4. The molecule has 0 radical (unpaired) electrons. The van der Waals surface area contributed by atoms with Crippen molar-refractivity contribution in [2.45, 2.75) is 122 Å². The molecule has 0 bridgehead atoms. The van der Waals surface area contributed by atoms with Crippen LogP contribution in [0.2, 0.25) is 0 Å². The Kier molecular flexibility index (Phi) is 6.36. The quantitative estimate of drug-likeness (QED) is 0.385. The molecule has 0 heterocycles. The summed E-state index contributed by atoms with van der Waals surface area (Å²) in [5.74, 6) is 1.63. The Morgan fingerprint density at radius 1 is 0.970 bits per heavy atom. The monoisotopic (exact) mass is 458 g/mol. The second kappa shape index (κ2) is 8.75. The maximum absolute atomic E-state index is 12.5. The minimum atomic E-state index is -0.509. The summed E-state index contributed by atoms with van der Waals surface area (Å²) in [5, 5.41) is 11.5. The fourth-order valence-electron chi connectivity index (χ4n) is 9.26. The third kappa shape index (κ3) is 3.69. The van der Waals surface area contributed by atoms with Crippen LogP contribution in [-0.2, 0) is 14.3 Å². The molecule has 33 heavy (non-hydrogen) atoms. The summed E-state index contributed by atoms with van der Waals surface area (Å²) in [6.07, 6.45) is 17.8. The molecule has 1 N–H and O–H groups in total. The van der Waals surface area contributed by atoms with Gasteiger partial charge in [0.25, 0.3) is 0 Å². The SMILES string of the molecule is CC[C@]1(O)CC[C@H]2[C@@H]3CCC4=CC(=O)CC[C@]4(COC4(OC)CCCCCC4)[C@H]3CC[C@@]21C. The van der Waals surface area contributed by atoms with Crippen molar-refractivity contribution in [3.8, 4) is 0 Å². The van der Waals surface area contributed by atoms with Crippen molar-refractivity contribution in [3.05, 3.63) is 11.6 Å². The predicted molar refractivity (Wildman–Crippen MR) is 130 cm³/mol. The summed E-state index contributed by atoms with van der Waals surface area (Å²) in [6, 6.07) is 0. The number of ketones is 1. The summed E-state index contributed by atoms with van der Waals surface area (Å²) in [7, 11) is 1.82. The van der Waals surface area contributed by atoms with Crippen LogP contribution in [0.5, 0.6) is 0 Å². The van der Waals surface area contributed by atoms with Crippen molar-refractivity contribution in [2.75, 3.05) is 13.7 Å². The molecule has 4 saturated carbocycles. The van der Waals surface area contributed by atoms with Crippen LogP contribution in [0.3, 0.4) is 0 Å². The standard InChI is InChI=1S/C29H46O4/c1-4-28(31)18-13-24-23-10-9-21-19-22(30)11-17-27(21,25(23)12-16-26(24,28)2)20-33-29(32-3)14-7-5-6-8-15-29/h19,23-25,31H,4-18,20H2,1-3H3/t23-,24-,25-,26-,27+,28-/m0/s1. The van der Waals surface area contributed by atoms with Gasteiger partial charge in [0.2, 0.25) is 0 Å². The average Bonchev–Trinajstić information content (AvgIpc) is 2.96. The van der Waals surface area contributed by atoms with E-state index in [0.717, 1.165) is 57.8 Å².